The fourth-order valence-corrected chi connectivity index (χ4v) is 4.19. The van der Waals surface area contributed by atoms with Crippen LogP contribution in [0.3, 0.4) is 0 Å². The smallest absolute Gasteiger partial charge is 0.426 e. The highest BCUT2D eigenvalue weighted by Crippen LogP contribution is 2.35. The summed E-state index contributed by atoms with van der Waals surface area (Å²) in [5.74, 6) is -4.16. The van der Waals surface area contributed by atoms with Gasteiger partial charge in [0, 0.05) is 0 Å². The number of benzene rings is 5. The SMILES string of the molecule is Cc1ccc(C(F)(F)Oc2ccc(-c3ccc(-c4cc(F)c(-c5ccc(F)c(F)c5)c(F)c4)cc3)cc2)cc1. The number of hydrogen-bond acceptors (Lipinski definition) is 1. The molecule has 0 heterocycles. The summed E-state index contributed by atoms with van der Waals surface area (Å²) in [6, 6.07) is 23.6. The minimum Gasteiger partial charge on any atom is -0.429 e. The van der Waals surface area contributed by atoms with E-state index in [0.29, 0.717) is 5.56 Å². The molecule has 0 aliphatic rings. The molecule has 0 aromatic heterocycles. The molecule has 7 heteroatoms. The van der Waals surface area contributed by atoms with Crippen molar-refractivity contribution < 1.29 is 31.1 Å². The third kappa shape index (κ3) is 5.53. The van der Waals surface area contributed by atoms with Crippen LogP contribution < -0.4 is 4.74 Å². The van der Waals surface area contributed by atoms with Crippen molar-refractivity contribution in [2.45, 2.75) is 13.0 Å². The lowest BCUT2D eigenvalue weighted by atomic mass is 9.97. The lowest BCUT2D eigenvalue weighted by molar-refractivity contribution is -0.185. The molecular formula is C32H20F6O. The summed E-state index contributed by atoms with van der Waals surface area (Å²) in [6.45, 7) is 1.81. The standard InChI is InChI=1S/C32H20F6O/c1-19-2-11-25(12-3-19)32(37,38)39-26-13-8-21(9-14-26)20-4-6-22(7-5-20)24-17-29(35)31(30(36)18-24)23-10-15-27(33)28(34)16-23/h2-18H,1H3. The Kier molecular flexibility index (Phi) is 6.91. The highest BCUT2D eigenvalue weighted by atomic mass is 19.3. The van der Waals surface area contributed by atoms with Crippen molar-refractivity contribution in [1.29, 1.82) is 0 Å². The third-order valence-electron chi connectivity index (χ3n) is 6.29. The van der Waals surface area contributed by atoms with Gasteiger partial charge in [0.15, 0.2) is 11.6 Å². The molecule has 0 spiro atoms. The van der Waals surface area contributed by atoms with Crippen LogP contribution in [0.25, 0.3) is 33.4 Å². The lowest BCUT2D eigenvalue weighted by Gasteiger charge is -2.18. The second kappa shape index (κ2) is 10.3. The molecule has 0 amide bonds. The van der Waals surface area contributed by atoms with Crippen LogP contribution in [0, 0.1) is 30.2 Å². The van der Waals surface area contributed by atoms with Crippen molar-refractivity contribution in [2.75, 3.05) is 0 Å². The molecule has 0 atom stereocenters. The molecule has 0 saturated heterocycles. The van der Waals surface area contributed by atoms with Gasteiger partial charge in [0.05, 0.1) is 11.1 Å². The second-order valence-electron chi connectivity index (χ2n) is 9.03. The first-order valence-corrected chi connectivity index (χ1v) is 11.9. The van der Waals surface area contributed by atoms with Crippen LogP contribution in [-0.2, 0) is 6.11 Å². The maximum absolute atomic E-state index is 14.8. The molecule has 196 valence electrons. The zero-order valence-corrected chi connectivity index (χ0v) is 20.5. The van der Waals surface area contributed by atoms with Crippen molar-refractivity contribution in [3.05, 3.63) is 138 Å². The predicted octanol–water partition coefficient (Wildman–Crippen LogP) is 9.68. The number of ether oxygens (including phenoxy) is 1. The van der Waals surface area contributed by atoms with Crippen LogP contribution in [0.1, 0.15) is 11.1 Å². The van der Waals surface area contributed by atoms with Gasteiger partial charge in [-0.25, -0.2) is 17.6 Å². The Hall–Kier alpha value is -4.52. The van der Waals surface area contributed by atoms with Gasteiger partial charge in [0.1, 0.15) is 17.4 Å². The van der Waals surface area contributed by atoms with Crippen LogP contribution in [-0.4, -0.2) is 0 Å². The summed E-state index contributed by atoms with van der Waals surface area (Å²) in [6.07, 6.45) is -3.50. The first-order valence-electron chi connectivity index (χ1n) is 11.9. The zero-order valence-electron chi connectivity index (χ0n) is 20.5. The van der Waals surface area contributed by atoms with Crippen LogP contribution >= 0.6 is 0 Å². The summed E-state index contributed by atoms with van der Waals surface area (Å²) in [5, 5.41) is 0. The van der Waals surface area contributed by atoms with Gasteiger partial charge in [-0.3, -0.25) is 0 Å². The number of hydrogen-bond donors (Lipinski definition) is 0. The summed E-state index contributed by atoms with van der Waals surface area (Å²) in [7, 11) is 0. The third-order valence-corrected chi connectivity index (χ3v) is 6.29. The van der Waals surface area contributed by atoms with Gasteiger partial charge in [0.2, 0.25) is 0 Å². The van der Waals surface area contributed by atoms with E-state index in [-0.39, 0.29) is 22.4 Å². The van der Waals surface area contributed by atoms with E-state index in [1.54, 1.807) is 55.5 Å². The quantitative estimate of drug-likeness (QED) is 0.197. The maximum atomic E-state index is 14.8. The van der Waals surface area contributed by atoms with E-state index in [1.807, 2.05) is 0 Å². The largest absolute Gasteiger partial charge is 0.429 e. The number of aryl methyl sites for hydroxylation is 1. The van der Waals surface area contributed by atoms with E-state index in [2.05, 4.69) is 0 Å². The highest BCUT2D eigenvalue weighted by Gasteiger charge is 2.34. The Balaban J connectivity index is 1.34. The molecular weight excluding hydrogens is 514 g/mol. The number of alkyl halides is 2. The summed E-state index contributed by atoms with van der Waals surface area (Å²) >= 11 is 0. The maximum Gasteiger partial charge on any atom is 0.426 e. The minimum atomic E-state index is -3.50. The van der Waals surface area contributed by atoms with Crippen LogP contribution in [0.4, 0.5) is 26.3 Å². The van der Waals surface area contributed by atoms with E-state index in [1.165, 1.54) is 24.3 Å². The van der Waals surface area contributed by atoms with Gasteiger partial charge in [-0.1, -0.05) is 60.2 Å². The van der Waals surface area contributed by atoms with Gasteiger partial charge in [-0.2, -0.15) is 8.78 Å². The Morgan fingerprint density at radius 3 is 1.49 bits per heavy atom. The molecule has 0 aliphatic heterocycles. The highest BCUT2D eigenvalue weighted by molar-refractivity contribution is 5.74. The van der Waals surface area contributed by atoms with Crippen molar-refractivity contribution in [2.24, 2.45) is 0 Å². The number of rotatable bonds is 6. The van der Waals surface area contributed by atoms with Gasteiger partial charge in [0.25, 0.3) is 0 Å². The van der Waals surface area contributed by atoms with Crippen molar-refractivity contribution >= 4 is 0 Å². The Morgan fingerprint density at radius 1 is 0.487 bits per heavy atom. The lowest BCUT2D eigenvalue weighted by Crippen LogP contribution is -2.21. The average Bonchev–Trinajstić information content (AvgIpc) is 2.91. The van der Waals surface area contributed by atoms with Gasteiger partial charge >= 0.3 is 6.11 Å². The number of halogens is 6. The van der Waals surface area contributed by atoms with Crippen molar-refractivity contribution in [3.8, 4) is 39.1 Å². The van der Waals surface area contributed by atoms with E-state index in [9.17, 15) is 26.3 Å². The molecule has 0 N–H and O–H groups in total. The van der Waals surface area contributed by atoms with E-state index in [4.69, 9.17) is 4.74 Å². The van der Waals surface area contributed by atoms with E-state index >= 15 is 0 Å². The molecule has 0 unspecified atom stereocenters. The van der Waals surface area contributed by atoms with Gasteiger partial charge in [-0.05, 0) is 83.3 Å². The molecule has 1 nitrogen and oxygen atoms in total. The van der Waals surface area contributed by atoms with Crippen molar-refractivity contribution in [3.63, 3.8) is 0 Å². The fourth-order valence-electron chi connectivity index (χ4n) is 4.19. The van der Waals surface area contributed by atoms with Crippen molar-refractivity contribution in [1.82, 2.24) is 0 Å². The molecule has 0 fully saturated rings. The van der Waals surface area contributed by atoms with Crippen LogP contribution in [0.2, 0.25) is 0 Å². The minimum absolute atomic E-state index is 0.00646. The normalized spacial score (nSPS) is 11.5. The topological polar surface area (TPSA) is 9.23 Å². The predicted molar refractivity (Wildman–Crippen MR) is 138 cm³/mol. The fraction of sp³-hybridized carbons (Fsp3) is 0.0625. The Morgan fingerprint density at radius 2 is 0.949 bits per heavy atom. The molecule has 5 aromatic carbocycles. The summed E-state index contributed by atoms with van der Waals surface area (Å²) in [5.41, 5.74) is 2.28. The first-order chi connectivity index (χ1) is 18.6. The molecule has 0 aliphatic carbocycles. The molecule has 0 bridgehead atoms. The van der Waals surface area contributed by atoms with E-state index in [0.717, 1.165) is 47.0 Å². The molecule has 0 saturated carbocycles. The second-order valence-corrected chi connectivity index (χ2v) is 9.03. The molecule has 5 aromatic rings. The first kappa shape index (κ1) is 26.1. The zero-order chi connectivity index (χ0) is 27.7. The molecule has 39 heavy (non-hydrogen) atoms. The summed E-state index contributed by atoms with van der Waals surface area (Å²) < 4.78 is 90.4. The average molecular weight is 534 g/mol. The molecule has 5 rings (SSSR count). The van der Waals surface area contributed by atoms with Crippen LogP contribution in [0.15, 0.2) is 103 Å². The molecule has 0 radical (unpaired) electrons. The van der Waals surface area contributed by atoms with Crippen LogP contribution in [0.5, 0.6) is 5.75 Å². The van der Waals surface area contributed by atoms with Gasteiger partial charge in [-0.15, -0.1) is 0 Å². The monoisotopic (exact) mass is 534 g/mol. The summed E-state index contributed by atoms with van der Waals surface area (Å²) in [4.78, 5) is 0. The Labute approximate surface area is 220 Å². The Bertz CT molecular complexity index is 1600. The van der Waals surface area contributed by atoms with E-state index < -0.39 is 34.9 Å². The van der Waals surface area contributed by atoms with Gasteiger partial charge < -0.3 is 4.74 Å².